The number of amides is 1. The van der Waals surface area contributed by atoms with E-state index < -0.39 is 26.9 Å². The van der Waals surface area contributed by atoms with Crippen LogP contribution in [0, 0.1) is 11.7 Å². The van der Waals surface area contributed by atoms with Gasteiger partial charge >= 0.3 is 0 Å². The van der Waals surface area contributed by atoms with E-state index in [-0.39, 0.29) is 41.5 Å². The highest BCUT2D eigenvalue weighted by atomic mass is 32.2. The number of methoxy groups -OCH3 is 1. The zero-order valence-electron chi connectivity index (χ0n) is 16.3. The van der Waals surface area contributed by atoms with Gasteiger partial charge in [-0.1, -0.05) is 0 Å². The third kappa shape index (κ3) is 4.61. The van der Waals surface area contributed by atoms with Crippen LogP contribution in [0.25, 0.3) is 0 Å². The molecule has 0 saturated carbocycles. The molecule has 0 spiro atoms. The van der Waals surface area contributed by atoms with Gasteiger partial charge in [-0.2, -0.15) is 0 Å². The van der Waals surface area contributed by atoms with Gasteiger partial charge in [0.15, 0.2) is 9.84 Å². The number of hydrogen-bond acceptors (Lipinski definition) is 6. The molecule has 0 bridgehead atoms. The minimum Gasteiger partial charge on any atom is -0.496 e. The Kier molecular flexibility index (Phi) is 6.66. The molecule has 0 aromatic heterocycles. The van der Waals surface area contributed by atoms with Gasteiger partial charge in [0.2, 0.25) is 0 Å². The lowest BCUT2D eigenvalue weighted by Gasteiger charge is -2.25. The lowest BCUT2D eigenvalue weighted by molar-refractivity contribution is -0.134. The van der Waals surface area contributed by atoms with E-state index in [9.17, 15) is 17.6 Å². The van der Waals surface area contributed by atoms with Gasteiger partial charge in [-0.05, 0) is 26.2 Å². The van der Waals surface area contributed by atoms with Gasteiger partial charge in [0.25, 0.3) is 11.9 Å². The molecule has 1 amide bonds. The molecule has 8 nitrogen and oxygen atoms in total. The Morgan fingerprint density at radius 1 is 1.29 bits per heavy atom. The molecule has 0 radical (unpaired) electrons. The van der Waals surface area contributed by atoms with Gasteiger partial charge in [0, 0.05) is 38.0 Å². The van der Waals surface area contributed by atoms with E-state index in [0.29, 0.717) is 6.54 Å². The molecule has 2 heterocycles. The van der Waals surface area contributed by atoms with Crippen LogP contribution in [0.2, 0.25) is 0 Å². The standard InChI is InChI=1S/C16H21FN2O4S.C2H4O2/c1-18(2)13-9-24(21,22)15-8-19(7-12(13)15)16(20)11-5-4-10(17)6-14(11)23-3;1-2(3)4/h4-6,12-13,15H,7-9H2,1-3H3;1H3,(H,3,4)/t12-,13+,15-;/m0./s1. The number of carboxylic acid groups (broad SMARTS) is 1. The van der Waals surface area contributed by atoms with E-state index in [0.717, 1.165) is 13.0 Å². The second-order valence-corrected chi connectivity index (χ2v) is 9.40. The molecule has 3 rings (SSSR count). The number of carboxylic acids is 1. The van der Waals surface area contributed by atoms with Crippen molar-refractivity contribution in [1.82, 2.24) is 9.80 Å². The number of rotatable bonds is 3. The van der Waals surface area contributed by atoms with Crippen LogP contribution in [0.4, 0.5) is 4.39 Å². The van der Waals surface area contributed by atoms with Crippen molar-refractivity contribution in [1.29, 1.82) is 0 Å². The first kappa shape index (κ1) is 22.1. The molecular weight excluding hydrogens is 391 g/mol. The molecule has 1 aromatic carbocycles. The van der Waals surface area contributed by atoms with Crippen LogP contribution >= 0.6 is 0 Å². The van der Waals surface area contributed by atoms with Crippen molar-refractivity contribution in [2.24, 2.45) is 5.92 Å². The van der Waals surface area contributed by atoms with Crippen molar-refractivity contribution in [3.05, 3.63) is 29.6 Å². The van der Waals surface area contributed by atoms with Gasteiger partial charge in [0.05, 0.1) is 23.7 Å². The molecule has 1 N–H and O–H groups in total. The minimum absolute atomic E-state index is 0.0899. The number of nitrogens with zero attached hydrogens (tertiary/aromatic N) is 2. The fraction of sp³-hybridized carbons (Fsp3) is 0.556. The molecule has 10 heteroatoms. The molecule has 2 aliphatic heterocycles. The third-order valence-electron chi connectivity index (χ3n) is 5.01. The first-order valence-corrected chi connectivity index (χ1v) is 10.4. The number of likely N-dealkylation sites (tertiary alicyclic amines) is 1. The van der Waals surface area contributed by atoms with Gasteiger partial charge in [-0.25, -0.2) is 12.8 Å². The van der Waals surface area contributed by atoms with E-state index in [1.54, 1.807) is 0 Å². The number of ether oxygens (including phenoxy) is 1. The number of fused-ring (bicyclic) bond motifs is 1. The SMILES string of the molecule is CC(=O)O.COc1cc(F)ccc1C(=O)N1C[C@H]2[C@H](N(C)C)CS(=O)(=O)[C@H]2C1. The Labute approximate surface area is 163 Å². The summed E-state index contributed by atoms with van der Waals surface area (Å²) in [6, 6.07) is 3.64. The molecule has 2 aliphatic rings. The number of aliphatic carboxylic acids is 1. The van der Waals surface area contributed by atoms with Crippen LogP contribution in [0.3, 0.4) is 0 Å². The number of halogens is 1. The average molecular weight is 416 g/mol. The zero-order chi connectivity index (χ0) is 21.2. The van der Waals surface area contributed by atoms with Crippen LogP contribution in [0.1, 0.15) is 17.3 Å². The Bertz CT molecular complexity index is 854. The summed E-state index contributed by atoms with van der Waals surface area (Å²) in [5, 5.41) is 6.89. The van der Waals surface area contributed by atoms with E-state index in [1.807, 2.05) is 19.0 Å². The predicted molar refractivity (Wildman–Crippen MR) is 101 cm³/mol. The van der Waals surface area contributed by atoms with E-state index >= 15 is 0 Å². The quantitative estimate of drug-likeness (QED) is 0.774. The minimum atomic E-state index is -3.22. The van der Waals surface area contributed by atoms with Gasteiger partial charge in [-0.15, -0.1) is 0 Å². The number of carbonyl (C=O) groups excluding carboxylic acids is 1. The van der Waals surface area contributed by atoms with Crippen LogP contribution in [-0.2, 0) is 14.6 Å². The molecule has 2 saturated heterocycles. The maximum absolute atomic E-state index is 13.3. The lowest BCUT2D eigenvalue weighted by atomic mass is 10.00. The van der Waals surface area contributed by atoms with E-state index in [2.05, 4.69) is 0 Å². The van der Waals surface area contributed by atoms with Crippen LogP contribution < -0.4 is 4.74 Å². The number of sulfone groups is 1. The lowest BCUT2D eigenvalue weighted by Crippen LogP contribution is -2.38. The van der Waals surface area contributed by atoms with E-state index in [1.165, 1.54) is 24.1 Å². The van der Waals surface area contributed by atoms with Gasteiger partial charge in [0.1, 0.15) is 11.6 Å². The summed E-state index contributed by atoms with van der Waals surface area (Å²) < 4.78 is 43.2. The highest BCUT2D eigenvalue weighted by molar-refractivity contribution is 7.92. The molecule has 0 aliphatic carbocycles. The highest BCUT2D eigenvalue weighted by Crippen LogP contribution is 2.37. The average Bonchev–Trinajstić information content (AvgIpc) is 3.13. The molecule has 2 fully saturated rings. The first-order chi connectivity index (χ1) is 13.0. The summed E-state index contributed by atoms with van der Waals surface area (Å²) in [5.41, 5.74) is 0.248. The summed E-state index contributed by atoms with van der Waals surface area (Å²) in [6.45, 7) is 1.64. The molecule has 28 heavy (non-hydrogen) atoms. The maximum atomic E-state index is 13.3. The monoisotopic (exact) mass is 416 g/mol. The smallest absolute Gasteiger partial charge is 0.300 e. The molecule has 156 valence electrons. The second kappa shape index (κ2) is 8.44. The number of benzene rings is 1. The predicted octanol–water partition coefficient (Wildman–Crippen LogP) is 0.724. The zero-order valence-corrected chi connectivity index (χ0v) is 17.1. The van der Waals surface area contributed by atoms with E-state index in [4.69, 9.17) is 14.6 Å². The Hall–Kier alpha value is -2.20. The van der Waals surface area contributed by atoms with Crippen LogP contribution in [0.15, 0.2) is 18.2 Å². The fourth-order valence-corrected chi connectivity index (χ4v) is 6.22. The van der Waals surface area contributed by atoms with Crippen LogP contribution in [-0.4, -0.2) is 86.5 Å². The van der Waals surface area contributed by atoms with Crippen molar-refractivity contribution in [3.8, 4) is 5.75 Å². The van der Waals surface area contributed by atoms with Crippen molar-refractivity contribution in [2.75, 3.05) is 40.0 Å². The summed E-state index contributed by atoms with van der Waals surface area (Å²) in [6.07, 6.45) is 0. The Morgan fingerprint density at radius 3 is 2.43 bits per heavy atom. The summed E-state index contributed by atoms with van der Waals surface area (Å²) in [7, 11) is 1.87. The highest BCUT2D eigenvalue weighted by Gasteiger charge is 2.53. The van der Waals surface area contributed by atoms with Gasteiger partial charge < -0.3 is 19.6 Å². The van der Waals surface area contributed by atoms with Crippen molar-refractivity contribution >= 4 is 21.7 Å². The maximum Gasteiger partial charge on any atom is 0.300 e. The summed E-state index contributed by atoms with van der Waals surface area (Å²) in [4.78, 5) is 25.2. The third-order valence-corrected chi connectivity index (χ3v) is 7.24. The Morgan fingerprint density at radius 2 is 1.89 bits per heavy atom. The fourth-order valence-electron chi connectivity index (χ4n) is 3.74. The van der Waals surface area contributed by atoms with Crippen LogP contribution in [0.5, 0.6) is 5.75 Å². The van der Waals surface area contributed by atoms with Crippen molar-refractivity contribution in [2.45, 2.75) is 18.2 Å². The normalized spacial score (nSPS) is 25.1. The van der Waals surface area contributed by atoms with Crippen molar-refractivity contribution in [3.63, 3.8) is 0 Å². The van der Waals surface area contributed by atoms with Gasteiger partial charge in [-0.3, -0.25) is 9.59 Å². The summed E-state index contributed by atoms with van der Waals surface area (Å²) >= 11 is 0. The molecule has 3 atom stereocenters. The number of carbonyl (C=O) groups is 2. The Balaban J connectivity index is 0.000000640. The summed E-state index contributed by atoms with van der Waals surface area (Å²) in [5.74, 6) is -1.45. The second-order valence-electron chi connectivity index (χ2n) is 7.14. The molecule has 1 aromatic rings. The topological polar surface area (TPSA) is 104 Å². The largest absolute Gasteiger partial charge is 0.496 e. The molecule has 0 unspecified atom stereocenters. The first-order valence-electron chi connectivity index (χ1n) is 8.68. The van der Waals surface area contributed by atoms with Crippen molar-refractivity contribution < 1.29 is 32.2 Å². The molecular formula is C18H25FN2O6S. The number of hydrogen-bond donors (Lipinski definition) is 1.